The molecule has 2 amide bonds. The van der Waals surface area contributed by atoms with E-state index in [4.69, 9.17) is 0 Å². The number of benzene rings is 1. The maximum atomic E-state index is 12.4. The molecule has 8 heteroatoms. The quantitative estimate of drug-likeness (QED) is 0.895. The molecule has 21 heavy (non-hydrogen) atoms. The van der Waals surface area contributed by atoms with Crippen molar-refractivity contribution in [3.8, 4) is 0 Å². The summed E-state index contributed by atoms with van der Waals surface area (Å²) in [7, 11) is 0. The monoisotopic (exact) mass is 364 g/mol. The number of rotatable bonds is 3. The minimum absolute atomic E-state index is 0.210. The molecule has 0 aliphatic carbocycles. The molecule has 1 aromatic rings. The molecule has 1 atom stereocenters. The molecular weight excluding hydrogens is 353 g/mol. The van der Waals surface area contributed by atoms with Crippen LogP contribution in [0.15, 0.2) is 22.7 Å². The Bertz CT molecular complexity index is 589. The second kappa shape index (κ2) is 5.67. The van der Waals surface area contributed by atoms with Crippen molar-refractivity contribution < 1.29 is 22.8 Å². The molecule has 1 aliphatic heterocycles. The van der Waals surface area contributed by atoms with Crippen LogP contribution in [0.4, 0.5) is 13.2 Å². The smallest absolute Gasteiger partial charge is 0.343 e. The molecule has 0 unspecified atom stereocenters. The van der Waals surface area contributed by atoms with Gasteiger partial charge in [-0.05, 0) is 34.5 Å². The molecule has 1 N–H and O–H groups in total. The van der Waals surface area contributed by atoms with Gasteiger partial charge in [0.1, 0.15) is 12.6 Å². The molecule has 4 nitrogen and oxygen atoms in total. The van der Waals surface area contributed by atoms with Gasteiger partial charge in [-0.15, -0.1) is 0 Å². The van der Waals surface area contributed by atoms with E-state index in [1.807, 2.05) is 5.32 Å². The molecule has 0 radical (unpaired) electrons. The van der Waals surface area contributed by atoms with Gasteiger partial charge in [-0.2, -0.15) is 13.2 Å². The van der Waals surface area contributed by atoms with Crippen LogP contribution in [0, 0.1) is 0 Å². The third kappa shape index (κ3) is 3.37. The number of hydrogen-bond acceptors (Lipinski definition) is 2. The van der Waals surface area contributed by atoms with Crippen LogP contribution in [0.3, 0.4) is 0 Å². The number of alkyl halides is 3. The van der Waals surface area contributed by atoms with Crippen molar-refractivity contribution in [2.45, 2.75) is 25.7 Å². The molecular formula is C13H12BrF3N2O2. The van der Waals surface area contributed by atoms with Crippen LogP contribution >= 0.6 is 15.9 Å². The molecule has 1 heterocycles. The molecule has 2 rings (SSSR count). The van der Waals surface area contributed by atoms with Gasteiger partial charge in [0.15, 0.2) is 0 Å². The second-order valence-electron chi connectivity index (χ2n) is 4.77. The van der Waals surface area contributed by atoms with Crippen LogP contribution in [-0.4, -0.2) is 35.5 Å². The minimum atomic E-state index is -4.50. The summed E-state index contributed by atoms with van der Waals surface area (Å²) in [6.07, 6.45) is -4.50. The van der Waals surface area contributed by atoms with Gasteiger partial charge in [-0.25, -0.2) is 0 Å². The van der Waals surface area contributed by atoms with Gasteiger partial charge in [0.05, 0.1) is 5.56 Å². The zero-order valence-electron chi connectivity index (χ0n) is 11.0. The van der Waals surface area contributed by atoms with Gasteiger partial charge in [0, 0.05) is 11.0 Å². The van der Waals surface area contributed by atoms with Gasteiger partial charge in [0.25, 0.3) is 5.91 Å². The van der Waals surface area contributed by atoms with Crippen molar-refractivity contribution in [1.29, 1.82) is 0 Å². The first kappa shape index (κ1) is 15.8. The highest BCUT2D eigenvalue weighted by molar-refractivity contribution is 9.10. The van der Waals surface area contributed by atoms with E-state index in [0.29, 0.717) is 10.0 Å². The summed E-state index contributed by atoms with van der Waals surface area (Å²) in [6, 6.07) is 3.25. The van der Waals surface area contributed by atoms with E-state index >= 15 is 0 Å². The first-order valence-corrected chi connectivity index (χ1v) is 6.92. The lowest BCUT2D eigenvalue weighted by Crippen LogP contribution is -2.47. The van der Waals surface area contributed by atoms with E-state index in [-0.39, 0.29) is 12.5 Å². The predicted octanol–water partition coefficient (Wildman–Crippen LogP) is 2.47. The average molecular weight is 365 g/mol. The highest BCUT2D eigenvalue weighted by Crippen LogP contribution is 2.29. The number of carbonyl (C=O) groups is 2. The zero-order chi connectivity index (χ0) is 15.8. The van der Waals surface area contributed by atoms with Crippen molar-refractivity contribution in [1.82, 2.24) is 10.2 Å². The second-order valence-corrected chi connectivity index (χ2v) is 5.62. The Labute approximate surface area is 127 Å². The summed E-state index contributed by atoms with van der Waals surface area (Å²) in [5, 5.41) is 1.84. The molecule has 0 spiro atoms. The minimum Gasteiger partial charge on any atom is -0.343 e. The first-order valence-electron chi connectivity index (χ1n) is 6.13. The lowest BCUT2D eigenvalue weighted by atomic mass is 10.1. The van der Waals surface area contributed by atoms with E-state index in [0.717, 1.165) is 12.5 Å². The summed E-state index contributed by atoms with van der Waals surface area (Å²) in [5.41, 5.74) is 1.19. The lowest BCUT2D eigenvalue weighted by molar-refractivity contribution is -0.158. The fourth-order valence-corrected chi connectivity index (χ4v) is 2.62. The SMILES string of the molecule is C[C@H](NC(=O)CN1Cc2cccc(Br)c2C1=O)C(F)(F)F. The molecule has 0 saturated carbocycles. The van der Waals surface area contributed by atoms with Crippen molar-refractivity contribution in [3.05, 3.63) is 33.8 Å². The van der Waals surface area contributed by atoms with E-state index in [2.05, 4.69) is 15.9 Å². The van der Waals surface area contributed by atoms with Gasteiger partial charge in [-0.1, -0.05) is 12.1 Å². The van der Waals surface area contributed by atoms with Crippen LogP contribution in [0.5, 0.6) is 0 Å². The fraction of sp³-hybridized carbons (Fsp3) is 0.385. The van der Waals surface area contributed by atoms with Crippen molar-refractivity contribution >= 4 is 27.7 Å². The first-order chi connectivity index (χ1) is 9.70. The predicted molar refractivity (Wildman–Crippen MR) is 72.5 cm³/mol. The summed E-state index contributed by atoms with van der Waals surface area (Å²) in [5.74, 6) is -1.20. The Hall–Kier alpha value is -1.57. The number of hydrogen-bond donors (Lipinski definition) is 1. The third-order valence-electron chi connectivity index (χ3n) is 3.17. The van der Waals surface area contributed by atoms with Crippen LogP contribution < -0.4 is 5.32 Å². The van der Waals surface area contributed by atoms with E-state index < -0.39 is 24.7 Å². The van der Waals surface area contributed by atoms with Gasteiger partial charge >= 0.3 is 6.18 Å². The third-order valence-corrected chi connectivity index (χ3v) is 3.83. The van der Waals surface area contributed by atoms with Crippen LogP contribution in [-0.2, 0) is 11.3 Å². The molecule has 0 fully saturated rings. The van der Waals surface area contributed by atoms with E-state index in [1.54, 1.807) is 18.2 Å². The average Bonchev–Trinajstić information content (AvgIpc) is 2.66. The Morgan fingerprint density at radius 2 is 2.14 bits per heavy atom. The van der Waals surface area contributed by atoms with Gasteiger partial charge < -0.3 is 10.2 Å². The maximum Gasteiger partial charge on any atom is 0.408 e. The number of halogens is 4. The topological polar surface area (TPSA) is 49.4 Å². The zero-order valence-corrected chi connectivity index (χ0v) is 12.6. The van der Waals surface area contributed by atoms with E-state index in [1.165, 1.54) is 4.90 Å². The van der Waals surface area contributed by atoms with Crippen LogP contribution in [0.2, 0.25) is 0 Å². The molecule has 1 aromatic carbocycles. The van der Waals surface area contributed by atoms with Gasteiger partial charge in [0.2, 0.25) is 5.91 Å². The van der Waals surface area contributed by atoms with Crippen LogP contribution in [0.1, 0.15) is 22.8 Å². The van der Waals surface area contributed by atoms with Crippen molar-refractivity contribution in [3.63, 3.8) is 0 Å². The molecule has 114 valence electrons. The standard InChI is InChI=1S/C13H12BrF3N2O2/c1-7(13(15,16)17)18-10(20)6-19-5-8-3-2-4-9(14)11(8)12(19)21/h2-4,7H,5-6H2,1H3,(H,18,20)/t7-/m0/s1. The normalized spacial score (nSPS) is 15.9. The highest BCUT2D eigenvalue weighted by Gasteiger charge is 2.38. The summed E-state index contributed by atoms with van der Waals surface area (Å²) >= 11 is 3.25. The van der Waals surface area contributed by atoms with Gasteiger partial charge in [-0.3, -0.25) is 9.59 Å². The van der Waals surface area contributed by atoms with Crippen molar-refractivity contribution in [2.75, 3.05) is 6.54 Å². The van der Waals surface area contributed by atoms with E-state index in [9.17, 15) is 22.8 Å². The Morgan fingerprint density at radius 3 is 2.71 bits per heavy atom. The molecule has 1 aliphatic rings. The summed E-state index contributed by atoms with van der Waals surface area (Å²) in [6.45, 7) is 0.664. The Morgan fingerprint density at radius 1 is 1.48 bits per heavy atom. The molecule has 0 bridgehead atoms. The largest absolute Gasteiger partial charge is 0.408 e. The Balaban J connectivity index is 2.02. The molecule has 0 aromatic heterocycles. The number of nitrogens with one attached hydrogen (secondary N) is 1. The van der Waals surface area contributed by atoms with Crippen LogP contribution in [0.25, 0.3) is 0 Å². The number of nitrogens with zero attached hydrogens (tertiary/aromatic N) is 1. The number of fused-ring (bicyclic) bond motifs is 1. The Kier molecular flexibility index (Phi) is 4.27. The molecule has 0 saturated heterocycles. The summed E-state index contributed by atoms with van der Waals surface area (Å²) < 4.78 is 37.7. The summed E-state index contributed by atoms with van der Waals surface area (Å²) in [4.78, 5) is 25.0. The highest BCUT2D eigenvalue weighted by atomic mass is 79.9. The number of amides is 2. The fourth-order valence-electron chi connectivity index (χ4n) is 2.05. The lowest BCUT2D eigenvalue weighted by Gasteiger charge is -2.20. The maximum absolute atomic E-state index is 12.4. The van der Waals surface area contributed by atoms with Crippen molar-refractivity contribution in [2.24, 2.45) is 0 Å². The number of carbonyl (C=O) groups excluding carboxylic acids is 2.